The molecular formula is C13H14BrN5O. The summed E-state index contributed by atoms with van der Waals surface area (Å²) < 4.78 is 8.06. The SMILES string of the molecule is CN=C(OC(=N)c1ccncc1)c1nn(C)c(C)c1Br. The maximum absolute atomic E-state index is 7.96. The number of ether oxygens (including phenoxy) is 1. The zero-order chi connectivity index (χ0) is 14.7. The molecule has 0 aliphatic rings. The Kier molecular flexibility index (Phi) is 4.29. The van der Waals surface area contributed by atoms with Crippen molar-refractivity contribution < 1.29 is 4.74 Å². The van der Waals surface area contributed by atoms with Gasteiger partial charge in [-0.05, 0) is 35.0 Å². The quantitative estimate of drug-likeness (QED) is 0.675. The van der Waals surface area contributed by atoms with Gasteiger partial charge in [0.05, 0.1) is 10.2 Å². The van der Waals surface area contributed by atoms with Gasteiger partial charge in [-0.25, -0.2) is 0 Å². The molecule has 0 aliphatic carbocycles. The highest BCUT2D eigenvalue weighted by Gasteiger charge is 2.19. The van der Waals surface area contributed by atoms with E-state index in [2.05, 4.69) is 31.0 Å². The Labute approximate surface area is 125 Å². The minimum Gasteiger partial charge on any atom is -0.419 e. The van der Waals surface area contributed by atoms with Crippen LogP contribution in [0.5, 0.6) is 0 Å². The van der Waals surface area contributed by atoms with Crippen molar-refractivity contribution in [3.63, 3.8) is 0 Å². The third-order valence-electron chi connectivity index (χ3n) is 2.81. The predicted octanol–water partition coefficient (Wildman–Crippen LogP) is 2.30. The molecule has 0 radical (unpaired) electrons. The topological polar surface area (TPSA) is 76.2 Å². The summed E-state index contributed by atoms with van der Waals surface area (Å²) in [5, 5.41) is 12.3. The first-order valence-corrected chi connectivity index (χ1v) is 6.67. The van der Waals surface area contributed by atoms with E-state index in [1.54, 1.807) is 36.3 Å². The Balaban J connectivity index is 2.27. The van der Waals surface area contributed by atoms with Crippen LogP contribution in [0, 0.1) is 12.3 Å². The maximum atomic E-state index is 7.96. The summed E-state index contributed by atoms with van der Waals surface area (Å²) in [6.45, 7) is 1.93. The molecule has 0 spiro atoms. The average molecular weight is 336 g/mol. The molecule has 0 aliphatic heterocycles. The lowest BCUT2D eigenvalue weighted by Gasteiger charge is -2.07. The van der Waals surface area contributed by atoms with Crippen molar-refractivity contribution in [3.05, 3.63) is 46.0 Å². The number of aryl methyl sites for hydroxylation is 1. The molecule has 104 valence electrons. The van der Waals surface area contributed by atoms with Gasteiger partial charge in [0.1, 0.15) is 0 Å². The normalized spacial score (nSPS) is 11.5. The van der Waals surface area contributed by atoms with Gasteiger partial charge in [0.2, 0.25) is 11.8 Å². The van der Waals surface area contributed by atoms with Gasteiger partial charge in [-0.2, -0.15) is 5.10 Å². The second kappa shape index (κ2) is 5.96. The van der Waals surface area contributed by atoms with E-state index in [9.17, 15) is 0 Å². The largest absolute Gasteiger partial charge is 0.419 e. The third-order valence-corrected chi connectivity index (χ3v) is 3.76. The molecule has 0 fully saturated rings. The first-order valence-electron chi connectivity index (χ1n) is 5.87. The van der Waals surface area contributed by atoms with Crippen LogP contribution in [0.25, 0.3) is 0 Å². The van der Waals surface area contributed by atoms with Crippen LogP contribution in [0.3, 0.4) is 0 Å². The molecule has 6 nitrogen and oxygen atoms in total. The second-order valence-corrected chi connectivity index (χ2v) is 4.86. The van der Waals surface area contributed by atoms with E-state index >= 15 is 0 Å². The van der Waals surface area contributed by atoms with Crippen LogP contribution in [-0.2, 0) is 11.8 Å². The second-order valence-electron chi connectivity index (χ2n) is 4.07. The lowest BCUT2D eigenvalue weighted by molar-refractivity contribution is 0.537. The lowest BCUT2D eigenvalue weighted by Crippen LogP contribution is -2.15. The summed E-state index contributed by atoms with van der Waals surface area (Å²) in [6.07, 6.45) is 3.22. The highest BCUT2D eigenvalue weighted by Crippen LogP contribution is 2.21. The predicted molar refractivity (Wildman–Crippen MR) is 80.3 cm³/mol. The summed E-state index contributed by atoms with van der Waals surface area (Å²) in [4.78, 5) is 7.98. The van der Waals surface area contributed by atoms with E-state index in [0.29, 0.717) is 17.2 Å². The smallest absolute Gasteiger partial charge is 0.245 e. The van der Waals surface area contributed by atoms with Gasteiger partial charge in [0.25, 0.3) is 0 Å². The molecule has 2 aromatic heterocycles. The number of rotatable bonds is 2. The van der Waals surface area contributed by atoms with E-state index in [1.165, 1.54) is 0 Å². The molecule has 20 heavy (non-hydrogen) atoms. The van der Waals surface area contributed by atoms with E-state index < -0.39 is 0 Å². The van der Waals surface area contributed by atoms with Crippen LogP contribution < -0.4 is 0 Å². The standard InChI is InChI=1S/C13H14BrN5O/c1-8-10(14)11(18-19(8)3)13(16-2)20-12(15)9-4-6-17-7-5-9/h4-7,15H,1-3H3. The Morgan fingerprint density at radius 1 is 1.40 bits per heavy atom. The molecule has 0 bridgehead atoms. The van der Waals surface area contributed by atoms with Crippen molar-refractivity contribution in [1.29, 1.82) is 5.41 Å². The molecule has 2 heterocycles. The Morgan fingerprint density at radius 2 is 2.05 bits per heavy atom. The first kappa shape index (κ1) is 14.4. The molecule has 7 heteroatoms. The Bertz CT molecular complexity index is 663. The number of halogens is 1. The summed E-state index contributed by atoms with van der Waals surface area (Å²) in [6, 6.07) is 3.41. The van der Waals surface area contributed by atoms with Gasteiger partial charge in [-0.3, -0.25) is 20.1 Å². The summed E-state index contributed by atoms with van der Waals surface area (Å²) in [5.41, 5.74) is 2.16. The zero-order valence-corrected chi connectivity index (χ0v) is 13.0. The van der Waals surface area contributed by atoms with Crippen LogP contribution in [0.1, 0.15) is 17.0 Å². The van der Waals surface area contributed by atoms with E-state index in [-0.39, 0.29) is 5.90 Å². The lowest BCUT2D eigenvalue weighted by atomic mass is 10.3. The van der Waals surface area contributed by atoms with Gasteiger partial charge in [0, 0.05) is 32.1 Å². The molecule has 1 N–H and O–H groups in total. The molecule has 0 amide bonds. The zero-order valence-electron chi connectivity index (χ0n) is 11.4. The highest BCUT2D eigenvalue weighted by molar-refractivity contribution is 9.10. The number of nitrogens with zero attached hydrogens (tertiary/aromatic N) is 4. The van der Waals surface area contributed by atoms with Crippen molar-refractivity contribution >= 4 is 27.7 Å². The van der Waals surface area contributed by atoms with Gasteiger partial charge < -0.3 is 4.74 Å². The van der Waals surface area contributed by atoms with Crippen molar-refractivity contribution in [3.8, 4) is 0 Å². The summed E-state index contributed by atoms with van der Waals surface area (Å²) in [7, 11) is 3.44. The monoisotopic (exact) mass is 335 g/mol. The van der Waals surface area contributed by atoms with Crippen LogP contribution >= 0.6 is 15.9 Å². The van der Waals surface area contributed by atoms with Crippen molar-refractivity contribution in [2.24, 2.45) is 12.0 Å². The van der Waals surface area contributed by atoms with Crippen LogP contribution in [0.15, 0.2) is 34.0 Å². The average Bonchev–Trinajstić information content (AvgIpc) is 2.73. The fourth-order valence-corrected chi connectivity index (χ4v) is 2.08. The summed E-state index contributed by atoms with van der Waals surface area (Å²) >= 11 is 3.46. The Hall–Kier alpha value is -2.02. The molecule has 0 saturated heterocycles. The molecule has 0 saturated carbocycles. The van der Waals surface area contributed by atoms with E-state index in [1.807, 2.05) is 14.0 Å². The van der Waals surface area contributed by atoms with Crippen LogP contribution in [-0.4, -0.2) is 33.6 Å². The molecule has 0 atom stereocenters. The first-order chi connectivity index (χ1) is 9.54. The van der Waals surface area contributed by atoms with Crippen molar-refractivity contribution in [1.82, 2.24) is 14.8 Å². The minimum absolute atomic E-state index is 0.00297. The highest BCUT2D eigenvalue weighted by atomic mass is 79.9. The van der Waals surface area contributed by atoms with Gasteiger partial charge in [0.15, 0.2) is 5.69 Å². The fourth-order valence-electron chi connectivity index (χ4n) is 1.58. The van der Waals surface area contributed by atoms with Crippen LogP contribution in [0.4, 0.5) is 0 Å². The maximum Gasteiger partial charge on any atom is 0.245 e. The number of aromatic nitrogens is 3. The summed E-state index contributed by atoms with van der Waals surface area (Å²) in [5.74, 6) is 0.297. The molecule has 0 aromatic carbocycles. The molecule has 2 aromatic rings. The third kappa shape index (κ3) is 2.77. The minimum atomic E-state index is 0.00297. The molecule has 2 rings (SSSR count). The number of nitrogens with one attached hydrogen (secondary N) is 1. The van der Waals surface area contributed by atoms with E-state index in [4.69, 9.17) is 10.1 Å². The number of hydrogen-bond acceptors (Lipinski definition) is 5. The van der Waals surface area contributed by atoms with Gasteiger partial charge in [-0.1, -0.05) is 0 Å². The fraction of sp³-hybridized carbons (Fsp3) is 0.231. The number of pyridine rings is 1. The van der Waals surface area contributed by atoms with Gasteiger partial charge >= 0.3 is 0 Å². The van der Waals surface area contributed by atoms with E-state index in [0.717, 1.165) is 10.2 Å². The number of hydrogen-bond donors (Lipinski definition) is 1. The number of aliphatic imine (C=N–C) groups is 1. The van der Waals surface area contributed by atoms with Crippen LogP contribution in [0.2, 0.25) is 0 Å². The van der Waals surface area contributed by atoms with Crippen molar-refractivity contribution in [2.75, 3.05) is 7.05 Å². The molecule has 0 unspecified atom stereocenters. The van der Waals surface area contributed by atoms with Crippen molar-refractivity contribution in [2.45, 2.75) is 6.92 Å². The molecular weight excluding hydrogens is 322 g/mol. The van der Waals surface area contributed by atoms with Gasteiger partial charge in [-0.15, -0.1) is 0 Å². The Morgan fingerprint density at radius 3 is 2.55 bits per heavy atom.